The summed E-state index contributed by atoms with van der Waals surface area (Å²) in [5.74, 6) is -1.59. The van der Waals surface area contributed by atoms with Crippen molar-refractivity contribution >= 4 is 28.7 Å². The molecule has 1 atom stereocenters. The molecule has 0 bridgehead atoms. The number of carbonyl (C=O) groups is 2. The summed E-state index contributed by atoms with van der Waals surface area (Å²) in [6, 6.07) is 4.70. The van der Waals surface area contributed by atoms with E-state index in [4.69, 9.17) is 9.76 Å². The van der Waals surface area contributed by atoms with Crippen molar-refractivity contribution in [1.29, 1.82) is 0 Å². The number of aromatic carboxylic acids is 1. The summed E-state index contributed by atoms with van der Waals surface area (Å²) in [7, 11) is -4.36. The van der Waals surface area contributed by atoms with Gasteiger partial charge in [-0.1, -0.05) is 19.1 Å². The smallest absolute Gasteiger partial charge is 0.526 e. The Hall–Kier alpha value is -1.87. The molecule has 1 aromatic rings. The highest BCUT2D eigenvalue weighted by atomic mass is 32.2. The van der Waals surface area contributed by atoms with E-state index in [1.165, 1.54) is 6.07 Å². The number of para-hydroxylation sites is 1. The predicted octanol–water partition coefficient (Wildman–Crippen LogP) is 1.34. The highest BCUT2D eigenvalue weighted by Gasteiger charge is 2.37. The molecule has 0 fully saturated rings. The van der Waals surface area contributed by atoms with E-state index in [0.29, 0.717) is 12.0 Å². The SMILES string of the molecule is CCS(=O)(=O)CCCC(=O)C[C@H]1Cc2cccc(C(=O)O)c2OB1O. The van der Waals surface area contributed by atoms with Crippen LogP contribution in [0.5, 0.6) is 5.75 Å². The highest BCUT2D eigenvalue weighted by Crippen LogP contribution is 2.36. The van der Waals surface area contributed by atoms with Gasteiger partial charge in [0.1, 0.15) is 21.4 Å². The summed E-state index contributed by atoms with van der Waals surface area (Å²) in [5.41, 5.74) is 0.614. The minimum atomic E-state index is -3.09. The van der Waals surface area contributed by atoms with Crippen LogP contribution in [0.2, 0.25) is 5.82 Å². The third-order valence-electron chi connectivity index (χ3n) is 4.29. The zero-order valence-electron chi connectivity index (χ0n) is 14.0. The average Bonchev–Trinajstić information content (AvgIpc) is 2.54. The third-order valence-corrected chi connectivity index (χ3v) is 6.08. The maximum absolute atomic E-state index is 12.1. The van der Waals surface area contributed by atoms with E-state index < -0.39 is 28.7 Å². The molecule has 2 N–H and O–H groups in total. The summed E-state index contributed by atoms with van der Waals surface area (Å²) < 4.78 is 28.2. The molecule has 1 aromatic carbocycles. The molecule has 7 nitrogen and oxygen atoms in total. The van der Waals surface area contributed by atoms with E-state index in [1.807, 2.05) is 0 Å². The maximum atomic E-state index is 12.1. The first-order valence-electron chi connectivity index (χ1n) is 8.15. The average molecular weight is 368 g/mol. The molecule has 0 saturated heterocycles. The predicted molar refractivity (Wildman–Crippen MR) is 92.6 cm³/mol. The van der Waals surface area contributed by atoms with Crippen LogP contribution in [0.3, 0.4) is 0 Å². The van der Waals surface area contributed by atoms with Crippen molar-refractivity contribution in [3.63, 3.8) is 0 Å². The van der Waals surface area contributed by atoms with Crippen molar-refractivity contribution in [2.75, 3.05) is 11.5 Å². The third kappa shape index (κ3) is 5.05. The largest absolute Gasteiger partial charge is 0.535 e. The van der Waals surface area contributed by atoms with E-state index in [9.17, 15) is 23.0 Å². The van der Waals surface area contributed by atoms with Gasteiger partial charge in [0.05, 0.1) is 11.3 Å². The van der Waals surface area contributed by atoms with Crippen molar-refractivity contribution in [3.8, 4) is 5.75 Å². The van der Waals surface area contributed by atoms with Crippen LogP contribution in [-0.2, 0) is 21.1 Å². The second-order valence-electron chi connectivity index (χ2n) is 6.15. The number of carbonyl (C=O) groups excluding carboxylic acids is 1. The molecular formula is C16H21BO7S. The second kappa shape index (κ2) is 8.01. The Balaban J connectivity index is 1.97. The fourth-order valence-electron chi connectivity index (χ4n) is 2.85. The Kier molecular flexibility index (Phi) is 6.23. The first kappa shape index (κ1) is 19.5. The number of hydrogen-bond acceptors (Lipinski definition) is 6. The Labute approximate surface area is 147 Å². The first-order chi connectivity index (χ1) is 11.7. The summed E-state index contributed by atoms with van der Waals surface area (Å²) in [5, 5.41) is 19.3. The Morgan fingerprint density at radius 3 is 2.72 bits per heavy atom. The lowest BCUT2D eigenvalue weighted by atomic mass is 9.64. The van der Waals surface area contributed by atoms with Gasteiger partial charge in [-0.2, -0.15) is 0 Å². The van der Waals surface area contributed by atoms with Crippen LogP contribution in [0.4, 0.5) is 0 Å². The molecule has 25 heavy (non-hydrogen) atoms. The maximum Gasteiger partial charge on any atom is 0.526 e. The summed E-state index contributed by atoms with van der Waals surface area (Å²) in [4.78, 5) is 23.3. The minimum Gasteiger partial charge on any atom is -0.535 e. The lowest BCUT2D eigenvalue weighted by Crippen LogP contribution is -2.35. The van der Waals surface area contributed by atoms with Crippen molar-refractivity contribution < 1.29 is 32.8 Å². The van der Waals surface area contributed by atoms with Gasteiger partial charge < -0.3 is 14.8 Å². The zero-order valence-corrected chi connectivity index (χ0v) is 14.8. The molecule has 0 unspecified atom stereocenters. The van der Waals surface area contributed by atoms with Crippen molar-refractivity contribution in [2.24, 2.45) is 0 Å². The van der Waals surface area contributed by atoms with E-state index in [1.54, 1.807) is 19.1 Å². The number of ketones is 1. The summed E-state index contributed by atoms with van der Waals surface area (Å²) >= 11 is 0. The normalized spacial score (nSPS) is 16.9. The fraction of sp³-hybridized carbons (Fsp3) is 0.500. The topological polar surface area (TPSA) is 118 Å². The number of Topliss-reactive ketones (excluding diaryl/α,β-unsaturated/α-hetero) is 1. The standard InChI is InChI=1S/C16H21BO7S/c1-2-25(22,23)8-4-6-13(18)10-12-9-11-5-3-7-14(16(19)20)15(11)24-17(12)21/h3,5,7,12,21H,2,4,6,8-10H2,1H3,(H,19,20)/t12-/m1/s1. The van der Waals surface area contributed by atoms with Crippen LogP contribution >= 0.6 is 0 Å². The van der Waals surface area contributed by atoms with Gasteiger partial charge >= 0.3 is 13.1 Å². The molecule has 0 radical (unpaired) electrons. The monoisotopic (exact) mass is 368 g/mol. The summed E-state index contributed by atoms with van der Waals surface area (Å²) in [6.45, 7) is 1.57. The molecule has 0 saturated carbocycles. The van der Waals surface area contributed by atoms with Crippen LogP contribution in [0, 0.1) is 0 Å². The molecule has 0 aliphatic carbocycles. The number of hydrogen-bond donors (Lipinski definition) is 2. The van der Waals surface area contributed by atoms with Crippen LogP contribution in [0.15, 0.2) is 18.2 Å². The Bertz CT molecular complexity index is 760. The Morgan fingerprint density at radius 2 is 2.08 bits per heavy atom. The van der Waals surface area contributed by atoms with Crippen LogP contribution in [-0.4, -0.2) is 48.9 Å². The lowest BCUT2D eigenvalue weighted by molar-refractivity contribution is -0.119. The summed E-state index contributed by atoms with van der Waals surface area (Å²) in [6.07, 6.45) is 0.781. The molecule has 1 aliphatic heterocycles. The Morgan fingerprint density at radius 1 is 1.36 bits per heavy atom. The molecular weight excluding hydrogens is 347 g/mol. The molecule has 0 spiro atoms. The number of carboxylic acid groups (broad SMARTS) is 1. The van der Waals surface area contributed by atoms with Crippen LogP contribution in [0.25, 0.3) is 0 Å². The molecule has 0 amide bonds. The molecule has 136 valence electrons. The molecule has 0 aromatic heterocycles. The quantitative estimate of drug-likeness (QED) is 0.665. The van der Waals surface area contributed by atoms with E-state index in [2.05, 4.69) is 0 Å². The van der Waals surface area contributed by atoms with Gasteiger partial charge in [-0.3, -0.25) is 4.79 Å². The molecule has 1 aliphatic rings. The lowest BCUT2D eigenvalue weighted by Gasteiger charge is -2.28. The number of rotatable bonds is 8. The highest BCUT2D eigenvalue weighted by molar-refractivity contribution is 7.91. The first-order valence-corrected chi connectivity index (χ1v) is 9.97. The van der Waals surface area contributed by atoms with Gasteiger partial charge in [0.2, 0.25) is 0 Å². The molecule has 9 heteroatoms. The van der Waals surface area contributed by atoms with E-state index in [0.717, 1.165) is 0 Å². The van der Waals surface area contributed by atoms with Crippen LogP contribution in [0.1, 0.15) is 42.1 Å². The molecule has 1 heterocycles. The number of fused-ring (bicyclic) bond motifs is 1. The fourth-order valence-corrected chi connectivity index (χ4v) is 3.73. The van der Waals surface area contributed by atoms with Gasteiger partial charge in [0.15, 0.2) is 0 Å². The molecule has 2 rings (SSSR count). The van der Waals surface area contributed by atoms with Crippen molar-refractivity contribution in [2.45, 2.75) is 38.4 Å². The van der Waals surface area contributed by atoms with Crippen molar-refractivity contribution in [1.82, 2.24) is 0 Å². The number of benzene rings is 1. The van der Waals surface area contributed by atoms with E-state index in [-0.39, 0.29) is 47.9 Å². The van der Waals surface area contributed by atoms with Gasteiger partial charge in [0, 0.05) is 24.4 Å². The van der Waals surface area contributed by atoms with Gasteiger partial charge in [-0.05, 0) is 24.5 Å². The second-order valence-corrected chi connectivity index (χ2v) is 8.63. The zero-order chi connectivity index (χ0) is 18.6. The minimum absolute atomic E-state index is 0.0221. The number of carboxylic acids is 1. The van der Waals surface area contributed by atoms with Crippen molar-refractivity contribution in [3.05, 3.63) is 29.3 Å². The van der Waals surface area contributed by atoms with Gasteiger partial charge in [-0.15, -0.1) is 0 Å². The van der Waals surface area contributed by atoms with Crippen LogP contribution < -0.4 is 4.65 Å². The number of sulfone groups is 1. The van der Waals surface area contributed by atoms with E-state index >= 15 is 0 Å². The van der Waals surface area contributed by atoms with Gasteiger partial charge in [0.25, 0.3) is 0 Å². The van der Waals surface area contributed by atoms with Gasteiger partial charge in [-0.25, -0.2) is 13.2 Å².